The zero-order valence-corrected chi connectivity index (χ0v) is 19.4. The lowest BCUT2D eigenvalue weighted by molar-refractivity contribution is -0.163. The highest BCUT2D eigenvalue weighted by atomic mass is 16.6. The number of ether oxygens (including phenoxy) is 1. The Balaban J connectivity index is 2.13. The molecule has 5 nitrogen and oxygen atoms in total. The summed E-state index contributed by atoms with van der Waals surface area (Å²) in [5.74, 6) is -0.412. The number of amides is 1. The van der Waals surface area contributed by atoms with E-state index < -0.39 is 11.5 Å². The van der Waals surface area contributed by atoms with Gasteiger partial charge < -0.3 is 20.9 Å². The van der Waals surface area contributed by atoms with Crippen molar-refractivity contribution in [3.63, 3.8) is 0 Å². The summed E-state index contributed by atoms with van der Waals surface area (Å²) in [5, 5.41) is 13.5. The monoisotopic (exact) mass is 414 g/mol. The van der Waals surface area contributed by atoms with Crippen molar-refractivity contribution >= 4 is 11.5 Å². The fourth-order valence-corrected chi connectivity index (χ4v) is 5.64. The van der Waals surface area contributed by atoms with Crippen LogP contribution >= 0.6 is 0 Å². The van der Waals surface area contributed by atoms with E-state index >= 15 is 0 Å². The zero-order chi connectivity index (χ0) is 22.4. The Hall–Kier alpha value is -1.69. The van der Waals surface area contributed by atoms with E-state index in [4.69, 9.17) is 10.5 Å². The largest absolute Gasteiger partial charge is 0.371 e. The molecule has 0 unspecified atom stereocenters. The molecule has 1 amide bonds. The summed E-state index contributed by atoms with van der Waals surface area (Å²) in [6, 6.07) is 5.86. The van der Waals surface area contributed by atoms with Gasteiger partial charge in [0.1, 0.15) is 6.79 Å². The lowest BCUT2D eigenvalue weighted by atomic mass is 9.69. The molecule has 0 bridgehead atoms. The number of rotatable bonds is 5. The van der Waals surface area contributed by atoms with Gasteiger partial charge in [-0.25, -0.2) is 0 Å². The van der Waals surface area contributed by atoms with Gasteiger partial charge in [-0.2, -0.15) is 0 Å². The molecule has 4 N–H and O–H groups in total. The predicted molar refractivity (Wildman–Crippen MR) is 121 cm³/mol. The normalized spacial score (nSPS) is 24.2. The summed E-state index contributed by atoms with van der Waals surface area (Å²) in [6.45, 7) is 12.8. The first-order valence-electron chi connectivity index (χ1n) is 11.0. The van der Waals surface area contributed by atoms with Crippen LogP contribution in [0.3, 0.4) is 0 Å². The van der Waals surface area contributed by atoms with Crippen molar-refractivity contribution in [2.45, 2.75) is 90.3 Å². The molecule has 1 aliphatic carbocycles. The molecular weight excluding hydrogens is 376 g/mol. The summed E-state index contributed by atoms with van der Waals surface area (Å²) >= 11 is 0. The number of nitrogens with one attached hydrogen (secondary N) is 1. The van der Waals surface area contributed by atoms with Crippen molar-refractivity contribution < 1.29 is 14.6 Å². The second-order valence-corrected chi connectivity index (χ2v) is 11.2. The second kappa shape index (κ2) is 7.77. The maximum Gasteiger partial charge on any atom is 0.249 e. The van der Waals surface area contributed by atoms with Gasteiger partial charge in [-0.05, 0) is 94.0 Å². The SMILES string of the molecule is CC1(C)CC=C(c2cc(C3(OCO)CC(C)(C)NC(C)(C)C3)ccc2C(N)=O)CC1. The van der Waals surface area contributed by atoms with Crippen molar-refractivity contribution in [3.05, 3.63) is 41.0 Å². The highest BCUT2D eigenvalue weighted by Crippen LogP contribution is 2.47. The molecule has 3 rings (SSSR count). The van der Waals surface area contributed by atoms with Gasteiger partial charge in [0, 0.05) is 16.6 Å². The van der Waals surface area contributed by atoms with Gasteiger partial charge in [0.2, 0.25) is 5.91 Å². The highest BCUT2D eigenvalue weighted by Gasteiger charge is 2.49. The van der Waals surface area contributed by atoms with Gasteiger partial charge in [0.25, 0.3) is 0 Å². The Morgan fingerprint density at radius 3 is 2.27 bits per heavy atom. The number of piperidine rings is 1. The van der Waals surface area contributed by atoms with Gasteiger partial charge in [0.15, 0.2) is 0 Å². The van der Waals surface area contributed by atoms with Crippen molar-refractivity contribution in [1.29, 1.82) is 0 Å². The number of hydrogen-bond acceptors (Lipinski definition) is 4. The quantitative estimate of drug-likeness (QED) is 0.620. The summed E-state index contributed by atoms with van der Waals surface area (Å²) < 4.78 is 6.08. The maximum atomic E-state index is 12.2. The van der Waals surface area contributed by atoms with Crippen LogP contribution < -0.4 is 11.1 Å². The molecule has 1 heterocycles. The first kappa shape index (κ1) is 23.0. The number of aliphatic hydroxyl groups excluding tert-OH is 1. The van der Waals surface area contributed by atoms with Gasteiger partial charge in [-0.3, -0.25) is 4.79 Å². The van der Waals surface area contributed by atoms with Crippen LogP contribution in [0.25, 0.3) is 5.57 Å². The van der Waals surface area contributed by atoms with Crippen molar-refractivity contribution in [2.75, 3.05) is 6.79 Å². The number of benzene rings is 1. The fraction of sp³-hybridized carbons (Fsp3) is 0.640. The van der Waals surface area contributed by atoms with Gasteiger partial charge in [-0.1, -0.05) is 26.0 Å². The highest BCUT2D eigenvalue weighted by molar-refractivity contribution is 5.98. The van der Waals surface area contributed by atoms with E-state index in [2.05, 4.69) is 59.0 Å². The fourth-order valence-electron chi connectivity index (χ4n) is 5.64. The third-order valence-corrected chi connectivity index (χ3v) is 6.60. The number of carbonyl (C=O) groups excluding carboxylic acids is 1. The Labute approximate surface area is 181 Å². The molecule has 1 aromatic rings. The number of hydrogen-bond donors (Lipinski definition) is 3. The van der Waals surface area contributed by atoms with Crippen molar-refractivity contribution in [1.82, 2.24) is 5.32 Å². The van der Waals surface area contributed by atoms with Crippen LogP contribution in [0.15, 0.2) is 24.3 Å². The van der Waals surface area contributed by atoms with E-state index in [0.29, 0.717) is 18.4 Å². The van der Waals surface area contributed by atoms with Gasteiger partial charge >= 0.3 is 0 Å². The van der Waals surface area contributed by atoms with Crippen molar-refractivity contribution in [2.24, 2.45) is 11.1 Å². The van der Waals surface area contributed by atoms with E-state index in [1.807, 2.05) is 12.1 Å². The van der Waals surface area contributed by atoms with Crippen LogP contribution in [0.2, 0.25) is 0 Å². The van der Waals surface area contributed by atoms with Crippen LogP contribution in [0.1, 0.15) is 95.1 Å². The minimum atomic E-state index is -0.646. The summed E-state index contributed by atoms with van der Waals surface area (Å²) in [5.41, 5.74) is 8.65. The molecule has 166 valence electrons. The smallest absolute Gasteiger partial charge is 0.249 e. The Kier molecular flexibility index (Phi) is 5.96. The summed E-state index contributed by atoms with van der Waals surface area (Å²) in [7, 11) is 0. The Bertz CT molecular complexity index is 836. The number of allylic oxidation sites excluding steroid dienone is 2. The minimum Gasteiger partial charge on any atom is -0.371 e. The van der Waals surface area contributed by atoms with Crippen LogP contribution in [0, 0.1) is 5.41 Å². The third-order valence-electron chi connectivity index (χ3n) is 6.60. The van der Waals surface area contributed by atoms with Crippen LogP contribution in [0.4, 0.5) is 0 Å². The first-order valence-corrected chi connectivity index (χ1v) is 11.0. The number of primary amides is 1. The van der Waals surface area contributed by atoms with E-state index in [9.17, 15) is 9.90 Å². The average molecular weight is 415 g/mol. The van der Waals surface area contributed by atoms with Crippen molar-refractivity contribution in [3.8, 4) is 0 Å². The molecule has 0 atom stereocenters. The standard InChI is InChI=1S/C25H38N2O3/c1-22(2)11-9-17(10-12-22)20-13-18(7-8-19(20)21(26)29)25(30-16-28)14-23(3,4)27-24(5,6)15-25/h7-9,13,27-28H,10-12,14-16H2,1-6H3,(H2,26,29). The zero-order valence-electron chi connectivity index (χ0n) is 19.4. The van der Waals surface area contributed by atoms with Gasteiger partial charge in [-0.15, -0.1) is 0 Å². The molecule has 30 heavy (non-hydrogen) atoms. The van der Waals surface area contributed by atoms with Crippen LogP contribution in [0.5, 0.6) is 0 Å². The lowest BCUT2D eigenvalue weighted by Crippen LogP contribution is -2.63. The van der Waals surface area contributed by atoms with E-state index in [1.54, 1.807) is 0 Å². The summed E-state index contributed by atoms with van der Waals surface area (Å²) in [6.07, 6.45) is 6.65. The Morgan fingerprint density at radius 2 is 1.77 bits per heavy atom. The predicted octanol–water partition coefficient (Wildman–Crippen LogP) is 4.48. The third kappa shape index (κ3) is 4.79. The molecule has 1 aromatic carbocycles. The molecule has 0 saturated carbocycles. The summed E-state index contributed by atoms with van der Waals surface area (Å²) in [4.78, 5) is 12.2. The average Bonchev–Trinajstić information content (AvgIpc) is 2.58. The number of carbonyl (C=O) groups is 1. The molecule has 0 aromatic heterocycles. The molecule has 0 radical (unpaired) electrons. The molecule has 5 heteroatoms. The first-order chi connectivity index (χ1) is 13.8. The second-order valence-electron chi connectivity index (χ2n) is 11.2. The molecule has 1 aliphatic heterocycles. The number of nitrogens with two attached hydrogens (primary N) is 1. The lowest BCUT2D eigenvalue weighted by Gasteiger charge is -2.52. The van der Waals surface area contributed by atoms with Crippen LogP contribution in [-0.2, 0) is 10.3 Å². The molecule has 1 saturated heterocycles. The van der Waals surface area contributed by atoms with E-state index in [0.717, 1.165) is 30.4 Å². The minimum absolute atomic E-state index is 0.173. The number of aliphatic hydroxyl groups is 1. The molecule has 1 fully saturated rings. The van der Waals surface area contributed by atoms with Gasteiger partial charge in [0.05, 0.1) is 5.60 Å². The maximum absolute atomic E-state index is 12.2. The van der Waals surface area contributed by atoms with E-state index in [-0.39, 0.29) is 23.3 Å². The molecular formula is C25H38N2O3. The van der Waals surface area contributed by atoms with E-state index in [1.165, 1.54) is 5.57 Å². The molecule has 0 spiro atoms. The Morgan fingerprint density at radius 1 is 1.13 bits per heavy atom. The molecule has 2 aliphatic rings. The topological polar surface area (TPSA) is 84.6 Å². The van der Waals surface area contributed by atoms with Crippen LogP contribution in [-0.4, -0.2) is 28.9 Å².